The van der Waals surface area contributed by atoms with Crippen molar-refractivity contribution in [2.24, 2.45) is 0 Å². The monoisotopic (exact) mass is 264 g/mol. The van der Waals surface area contributed by atoms with E-state index in [1.165, 1.54) is 0 Å². The summed E-state index contributed by atoms with van der Waals surface area (Å²) in [4.78, 5) is 11.7. The number of halogens is 1. The predicted octanol–water partition coefficient (Wildman–Crippen LogP) is 3.09. The van der Waals surface area contributed by atoms with Gasteiger partial charge in [-0.1, -0.05) is 11.6 Å². The maximum absolute atomic E-state index is 11.7. The molecule has 18 heavy (non-hydrogen) atoms. The van der Waals surface area contributed by atoms with E-state index in [1.807, 2.05) is 6.07 Å². The summed E-state index contributed by atoms with van der Waals surface area (Å²) in [5.74, 6) is 0.703. The van der Waals surface area contributed by atoms with Crippen molar-refractivity contribution >= 4 is 28.9 Å². The van der Waals surface area contributed by atoms with Crippen LogP contribution in [0, 0.1) is 0 Å². The van der Waals surface area contributed by atoms with Gasteiger partial charge >= 0.3 is 0 Å². The number of carbonyl (C=O) groups excluding carboxylic acids is 1. The van der Waals surface area contributed by atoms with Gasteiger partial charge in [-0.25, -0.2) is 0 Å². The van der Waals surface area contributed by atoms with Crippen molar-refractivity contribution in [3.8, 4) is 0 Å². The van der Waals surface area contributed by atoms with Crippen LogP contribution in [0.4, 0.5) is 11.4 Å². The number of nitrogens with two attached hydrogens (primary N) is 1. The topological polar surface area (TPSA) is 68.3 Å². The molecule has 1 aromatic heterocycles. The molecule has 1 heterocycles. The number of aryl methyl sites for hydroxylation is 1. The summed E-state index contributed by atoms with van der Waals surface area (Å²) in [6.07, 6.45) is 2.52. The highest BCUT2D eigenvalue weighted by atomic mass is 35.5. The van der Waals surface area contributed by atoms with E-state index in [-0.39, 0.29) is 5.91 Å². The van der Waals surface area contributed by atoms with Crippen LogP contribution in [0.3, 0.4) is 0 Å². The fourth-order valence-corrected chi connectivity index (χ4v) is 1.65. The third-order valence-electron chi connectivity index (χ3n) is 2.46. The number of hydrogen-bond acceptors (Lipinski definition) is 3. The number of benzene rings is 1. The summed E-state index contributed by atoms with van der Waals surface area (Å²) < 4.78 is 5.15. The minimum Gasteiger partial charge on any atom is -0.469 e. The lowest BCUT2D eigenvalue weighted by molar-refractivity contribution is -0.116. The van der Waals surface area contributed by atoms with Crippen molar-refractivity contribution in [1.82, 2.24) is 0 Å². The molecule has 0 saturated heterocycles. The van der Waals surface area contributed by atoms with Crippen LogP contribution in [0.1, 0.15) is 12.2 Å². The van der Waals surface area contributed by atoms with E-state index < -0.39 is 0 Å². The van der Waals surface area contributed by atoms with Crippen LogP contribution in [0.25, 0.3) is 0 Å². The summed E-state index contributed by atoms with van der Waals surface area (Å²) in [6, 6.07) is 8.64. The Bertz CT molecular complexity index is 538. The van der Waals surface area contributed by atoms with Gasteiger partial charge < -0.3 is 15.5 Å². The van der Waals surface area contributed by atoms with Gasteiger partial charge in [-0.15, -0.1) is 0 Å². The molecule has 0 aliphatic carbocycles. The van der Waals surface area contributed by atoms with E-state index >= 15 is 0 Å². The maximum atomic E-state index is 11.7. The second-order valence-electron chi connectivity index (χ2n) is 3.86. The number of nitrogen functional groups attached to an aromatic ring is 1. The SMILES string of the molecule is Nc1cc(NC(=O)CCc2ccco2)ccc1Cl. The summed E-state index contributed by atoms with van der Waals surface area (Å²) in [7, 11) is 0. The van der Waals surface area contributed by atoms with Crippen molar-refractivity contribution in [2.45, 2.75) is 12.8 Å². The average Bonchev–Trinajstić information content (AvgIpc) is 2.84. The third kappa shape index (κ3) is 3.28. The lowest BCUT2D eigenvalue weighted by atomic mass is 10.2. The normalized spacial score (nSPS) is 10.3. The molecule has 0 spiro atoms. The largest absolute Gasteiger partial charge is 0.469 e. The molecule has 0 saturated carbocycles. The third-order valence-corrected chi connectivity index (χ3v) is 2.80. The molecule has 4 nitrogen and oxygen atoms in total. The zero-order valence-electron chi connectivity index (χ0n) is 9.65. The first-order valence-electron chi connectivity index (χ1n) is 5.52. The molecule has 0 bridgehead atoms. The lowest BCUT2D eigenvalue weighted by Gasteiger charge is -2.06. The molecule has 0 atom stereocenters. The van der Waals surface area contributed by atoms with Gasteiger partial charge in [0.25, 0.3) is 0 Å². The summed E-state index contributed by atoms with van der Waals surface area (Å²) >= 11 is 5.80. The molecule has 2 rings (SSSR count). The Morgan fingerprint density at radius 2 is 2.22 bits per heavy atom. The molecular weight excluding hydrogens is 252 g/mol. The molecule has 5 heteroatoms. The number of carbonyl (C=O) groups is 1. The predicted molar refractivity (Wildman–Crippen MR) is 71.5 cm³/mol. The van der Waals surface area contributed by atoms with Gasteiger partial charge in [0.1, 0.15) is 5.76 Å². The molecule has 1 aromatic carbocycles. The molecule has 94 valence electrons. The maximum Gasteiger partial charge on any atom is 0.224 e. The van der Waals surface area contributed by atoms with Crippen LogP contribution in [-0.4, -0.2) is 5.91 Å². The van der Waals surface area contributed by atoms with Gasteiger partial charge in [0.05, 0.1) is 17.0 Å². The number of amides is 1. The van der Waals surface area contributed by atoms with E-state index in [0.717, 1.165) is 5.76 Å². The smallest absolute Gasteiger partial charge is 0.224 e. The molecule has 0 radical (unpaired) electrons. The molecule has 1 amide bonds. The van der Waals surface area contributed by atoms with Crippen LogP contribution >= 0.6 is 11.6 Å². The van der Waals surface area contributed by atoms with Crippen molar-refractivity contribution in [1.29, 1.82) is 0 Å². The van der Waals surface area contributed by atoms with E-state index in [1.54, 1.807) is 30.5 Å². The molecule has 3 N–H and O–H groups in total. The Morgan fingerprint density at radius 3 is 2.89 bits per heavy atom. The van der Waals surface area contributed by atoms with Crippen LogP contribution < -0.4 is 11.1 Å². The van der Waals surface area contributed by atoms with Gasteiger partial charge in [-0.2, -0.15) is 0 Å². The quantitative estimate of drug-likeness (QED) is 0.834. The highest BCUT2D eigenvalue weighted by Gasteiger charge is 2.05. The van der Waals surface area contributed by atoms with E-state index in [2.05, 4.69) is 5.32 Å². The minimum absolute atomic E-state index is 0.0897. The Labute approximate surface area is 110 Å². The summed E-state index contributed by atoms with van der Waals surface area (Å²) in [6.45, 7) is 0. The molecule has 0 aliphatic rings. The zero-order valence-corrected chi connectivity index (χ0v) is 10.4. The van der Waals surface area contributed by atoms with Crippen LogP contribution in [0.2, 0.25) is 5.02 Å². The Morgan fingerprint density at radius 1 is 1.39 bits per heavy atom. The van der Waals surface area contributed by atoms with E-state index in [4.69, 9.17) is 21.8 Å². The van der Waals surface area contributed by atoms with Crippen molar-refractivity contribution < 1.29 is 9.21 Å². The second-order valence-corrected chi connectivity index (χ2v) is 4.27. The van der Waals surface area contributed by atoms with Crippen LogP contribution in [0.15, 0.2) is 41.0 Å². The standard InChI is InChI=1S/C13H13ClN2O2/c14-11-5-3-9(8-12(11)15)16-13(17)6-4-10-2-1-7-18-10/h1-3,5,7-8H,4,6,15H2,(H,16,17). The van der Waals surface area contributed by atoms with Gasteiger partial charge in [0.15, 0.2) is 0 Å². The lowest BCUT2D eigenvalue weighted by Crippen LogP contribution is -2.12. The average molecular weight is 265 g/mol. The molecule has 0 fully saturated rings. The molecular formula is C13H13ClN2O2. The highest BCUT2D eigenvalue weighted by molar-refractivity contribution is 6.33. The number of hydrogen-bond donors (Lipinski definition) is 2. The first-order valence-corrected chi connectivity index (χ1v) is 5.90. The number of rotatable bonds is 4. The van der Waals surface area contributed by atoms with Gasteiger partial charge in [-0.05, 0) is 30.3 Å². The molecule has 0 unspecified atom stereocenters. The Hall–Kier alpha value is -1.94. The van der Waals surface area contributed by atoms with Gasteiger partial charge in [-0.3, -0.25) is 4.79 Å². The van der Waals surface area contributed by atoms with E-state index in [9.17, 15) is 4.79 Å². The minimum atomic E-state index is -0.0897. The molecule has 2 aromatic rings. The summed E-state index contributed by atoms with van der Waals surface area (Å²) in [5, 5.41) is 3.23. The Balaban J connectivity index is 1.88. The highest BCUT2D eigenvalue weighted by Crippen LogP contribution is 2.22. The molecule has 0 aliphatic heterocycles. The fraction of sp³-hybridized carbons (Fsp3) is 0.154. The van der Waals surface area contributed by atoms with Crippen LogP contribution in [-0.2, 0) is 11.2 Å². The summed E-state index contributed by atoms with van der Waals surface area (Å²) in [5.41, 5.74) is 6.73. The van der Waals surface area contributed by atoms with Gasteiger partial charge in [0, 0.05) is 18.5 Å². The number of nitrogens with one attached hydrogen (secondary N) is 1. The first kappa shape index (κ1) is 12.5. The van der Waals surface area contributed by atoms with Gasteiger partial charge in [0.2, 0.25) is 5.91 Å². The Kier molecular flexibility index (Phi) is 3.89. The second kappa shape index (κ2) is 5.60. The fourth-order valence-electron chi connectivity index (χ4n) is 1.54. The van der Waals surface area contributed by atoms with Crippen molar-refractivity contribution in [3.63, 3.8) is 0 Å². The zero-order chi connectivity index (χ0) is 13.0. The van der Waals surface area contributed by atoms with E-state index in [0.29, 0.717) is 29.2 Å². The van der Waals surface area contributed by atoms with Crippen molar-refractivity contribution in [2.75, 3.05) is 11.1 Å². The first-order chi connectivity index (χ1) is 8.65. The number of furan rings is 1. The number of anilines is 2. The van der Waals surface area contributed by atoms with Crippen LogP contribution in [0.5, 0.6) is 0 Å². The van der Waals surface area contributed by atoms with Crippen molar-refractivity contribution in [3.05, 3.63) is 47.4 Å².